The topological polar surface area (TPSA) is 157 Å². The molecule has 194 valence electrons. The van der Waals surface area contributed by atoms with Crippen LogP contribution in [0.25, 0.3) is 0 Å². The second-order valence-corrected chi connectivity index (χ2v) is 9.09. The van der Waals surface area contributed by atoms with Crippen molar-refractivity contribution >= 4 is 33.9 Å². The summed E-state index contributed by atoms with van der Waals surface area (Å²) in [7, 11) is 1.64. The minimum absolute atomic E-state index is 0.119. The molecule has 3 aromatic rings. The van der Waals surface area contributed by atoms with Gasteiger partial charge in [-0.05, 0) is 17.7 Å². The van der Waals surface area contributed by atoms with Crippen molar-refractivity contribution in [2.75, 3.05) is 51.3 Å². The first kappa shape index (κ1) is 25.9. The van der Waals surface area contributed by atoms with E-state index in [1.807, 2.05) is 24.3 Å². The van der Waals surface area contributed by atoms with E-state index in [0.29, 0.717) is 19.5 Å². The molecular weight excluding hydrogens is 502 g/mol. The van der Waals surface area contributed by atoms with Gasteiger partial charge in [-0.3, -0.25) is 29.9 Å². The molecule has 13 nitrogen and oxygen atoms in total. The molecule has 1 N–H and O–H groups in total. The van der Waals surface area contributed by atoms with Crippen LogP contribution in [0.2, 0.25) is 0 Å². The highest BCUT2D eigenvalue weighted by Gasteiger charge is 2.22. The normalized spacial score (nSPS) is 13.8. The van der Waals surface area contributed by atoms with Gasteiger partial charge >= 0.3 is 0 Å². The van der Waals surface area contributed by atoms with Crippen LogP contribution in [0, 0.1) is 20.2 Å². The zero-order valence-corrected chi connectivity index (χ0v) is 20.8. The first-order valence-corrected chi connectivity index (χ1v) is 12.2. The number of aromatic nitrogens is 2. The molecule has 0 radical (unpaired) electrons. The number of non-ortho nitro benzene ring substituents is 2. The van der Waals surface area contributed by atoms with Crippen LogP contribution in [0.4, 0.5) is 16.5 Å². The molecule has 0 saturated carbocycles. The number of carbonyl (C=O) groups is 1. The molecule has 1 saturated heterocycles. The molecule has 1 aliphatic heterocycles. The number of rotatable bonds is 10. The smallest absolute Gasteiger partial charge is 0.277 e. The Labute approximate surface area is 216 Å². The van der Waals surface area contributed by atoms with Crippen LogP contribution in [0.5, 0.6) is 5.75 Å². The second-order valence-electron chi connectivity index (χ2n) is 8.36. The van der Waals surface area contributed by atoms with Crippen LogP contribution < -0.4 is 15.0 Å². The van der Waals surface area contributed by atoms with Gasteiger partial charge in [0, 0.05) is 69.4 Å². The molecule has 0 spiro atoms. The van der Waals surface area contributed by atoms with Gasteiger partial charge in [0.05, 0.1) is 28.6 Å². The zero-order valence-electron chi connectivity index (χ0n) is 20.0. The first-order valence-electron chi connectivity index (χ1n) is 11.5. The Morgan fingerprint density at radius 3 is 2.43 bits per heavy atom. The summed E-state index contributed by atoms with van der Waals surface area (Å²) < 4.78 is 9.77. The van der Waals surface area contributed by atoms with Crippen LogP contribution in [0.3, 0.4) is 0 Å². The molecule has 4 rings (SSSR count). The van der Waals surface area contributed by atoms with E-state index in [2.05, 4.69) is 24.5 Å². The van der Waals surface area contributed by atoms with Crippen molar-refractivity contribution in [3.8, 4) is 5.75 Å². The van der Waals surface area contributed by atoms with E-state index in [9.17, 15) is 25.0 Å². The molecule has 1 amide bonds. The van der Waals surface area contributed by atoms with Gasteiger partial charge in [0.1, 0.15) is 11.6 Å². The monoisotopic (exact) mass is 527 g/mol. The molecule has 0 bridgehead atoms. The first-order chi connectivity index (χ1) is 17.8. The van der Waals surface area contributed by atoms with E-state index in [-0.39, 0.29) is 5.56 Å². The summed E-state index contributed by atoms with van der Waals surface area (Å²) in [6.07, 6.45) is 0.626. The highest BCUT2D eigenvalue weighted by atomic mass is 32.1. The Kier molecular flexibility index (Phi) is 8.20. The molecule has 0 atom stereocenters. The van der Waals surface area contributed by atoms with Crippen LogP contribution in [-0.4, -0.2) is 76.4 Å². The van der Waals surface area contributed by atoms with Crippen molar-refractivity contribution in [3.05, 3.63) is 79.6 Å². The van der Waals surface area contributed by atoms with Crippen molar-refractivity contribution in [3.63, 3.8) is 0 Å². The van der Waals surface area contributed by atoms with Crippen LogP contribution in [-0.2, 0) is 6.42 Å². The molecule has 2 heterocycles. The maximum absolute atomic E-state index is 12.4. The predicted octanol–water partition coefficient (Wildman–Crippen LogP) is 2.51. The number of hydrogen-bond donors (Lipinski definition) is 1. The summed E-state index contributed by atoms with van der Waals surface area (Å²) in [5.41, 5.74) is -0.0420. The average Bonchev–Trinajstić information content (AvgIpc) is 3.37. The van der Waals surface area contributed by atoms with Gasteiger partial charge < -0.3 is 15.0 Å². The lowest BCUT2D eigenvalue weighted by Crippen LogP contribution is -2.48. The van der Waals surface area contributed by atoms with Gasteiger partial charge in [-0.25, -0.2) is 4.98 Å². The lowest BCUT2D eigenvalue weighted by molar-refractivity contribution is -0.394. The number of nitrogens with one attached hydrogen (secondary N) is 1. The predicted molar refractivity (Wildman–Crippen MR) is 136 cm³/mol. The number of methoxy groups -OCH3 is 1. The van der Waals surface area contributed by atoms with Gasteiger partial charge in [0.2, 0.25) is 5.13 Å². The van der Waals surface area contributed by atoms with Gasteiger partial charge in [-0.2, -0.15) is 4.37 Å². The van der Waals surface area contributed by atoms with Gasteiger partial charge in [0.15, 0.2) is 0 Å². The molecule has 14 heteroatoms. The number of benzene rings is 2. The number of ether oxygens (including phenoxy) is 1. The third-order valence-corrected chi connectivity index (χ3v) is 6.71. The molecule has 2 aromatic carbocycles. The summed E-state index contributed by atoms with van der Waals surface area (Å²) in [5.74, 6) is 0.967. The largest absolute Gasteiger partial charge is 0.497 e. The molecule has 1 fully saturated rings. The van der Waals surface area contributed by atoms with Gasteiger partial charge in [-0.15, -0.1) is 0 Å². The van der Waals surface area contributed by atoms with E-state index in [4.69, 9.17) is 4.74 Å². The quantitative estimate of drug-likeness (QED) is 0.307. The lowest BCUT2D eigenvalue weighted by atomic mass is 10.1. The molecular formula is C23H25N7O6S. The molecule has 1 aliphatic rings. The fourth-order valence-electron chi connectivity index (χ4n) is 3.94. The standard InChI is InChI=1S/C23H25N7O6S/c1-36-20-4-2-3-16(11-20)12-21-25-23(37-26-21)28-9-7-27(8-10-28)6-5-24-22(31)17-13-18(29(32)33)15-19(14-17)30(34)35/h2-4,11,13-15H,5-10,12H2,1H3,(H,24,31). The van der Waals surface area contributed by atoms with Gasteiger partial charge in [0.25, 0.3) is 17.3 Å². The zero-order chi connectivity index (χ0) is 26.4. The highest BCUT2D eigenvalue weighted by molar-refractivity contribution is 7.09. The number of hydrogen-bond acceptors (Lipinski definition) is 11. The van der Waals surface area contributed by atoms with E-state index in [1.165, 1.54) is 11.5 Å². The minimum atomic E-state index is -0.761. The number of anilines is 1. The summed E-state index contributed by atoms with van der Waals surface area (Å²) in [5, 5.41) is 25.6. The number of carbonyl (C=O) groups excluding carboxylic acids is 1. The van der Waals surface area contributed by atoms with Crippen LogP contribution in [0.1, 0.15) is 21.7 Å². The number of piperazine rings is 1. The summed E-state index contributed by atoms with van der Waals surface area (Å²) >= 11 is 1.37. The van der Waals surface area contributed by atoms with E-state index in [1.54, 1.807) is 7.11 Å². The lowest BCUT2D eigenvalue weighted by Gasteiger charge is -2.34. The van der Waals surface area contributed by atoms with Crippen molar-refractivity contribution < 1.29 is 19.4 Å². The van der Waals surface area contributed by atoms with E-state index >= 15 is 0 Å². The summed E-state index contributed by atoms with van der Waals surface area (Å²) in [6, 6.07) is 10.7. The van der Waals surface area contributed by atoms with Crippen molar-refractivity contribution in [2.45, 2.75) is 6.42 Å². The van der Waals surface area contributed by atoms with E-state index < -0.39 is 27.1 Å². The Bertz CT molecular complexity index is 1260. The minimum Gasteiger partial charge on any atom is -0.497 e. The van der Waals surface area contributed by atoms with Crippen molar-refractivity contribution in [1.29, 1.82) is 0 Å². The SMILES string of the molecule is COc1cccc(Cc2nsc(N3CCN(CCNC(=O)c4cc([N+](=O)[O-])cc([N+](=O)[O-])c4)CC3)n2)c1. The Balaban J connectivity index is 1.24. The number of nitro benzene ring substituents is 2. The second kappa shape index (κ2) is 11.7. The van der Waals surface area contributed by atoms with Crippen molar-refractivity contribution in [1.82, 2.24) is 19.6 Å². The molecule has 0 unspecified atom stereocenters. The van der Waals surface area contributed by atoms with Crippen molar-refractivity contribution in [2.24, 2.45) is 0 Å². The van der Waals surface area contributed by atoms with E-state index in [0.717, 1.165) is 66.6 Å². The fraction of sp³-hybridized carbons (Fsp3) is 0.348. The third-order valence-electron chi connectivity index (χ3n) is 5.90. The Hall–Kier alpha value is -4.17. The number of amides is 1. The summed E-state index contributed by atoms with van der Waals surface area (Å²) in [6.45, 7) is 3.94. The average molecular weight is 528 g/mol. The molecule has 37 heavy (non-hydrogen) atoms. The Morgan fingerprint density at radius 2 is 1.78 bits per heavy atom. The molecule has 0 aliphatic carbocycles. The number of nitro groups is 2. The molecule has 1 aromatic heterocycles. The van der Waals surface area contributed by atoms with Gasteiger partial charge in [-0.1, -0.05) is 12.1 Å². The number of nitrogens with zero attached hydrogens (tertiary/aromatic N) is 6. The maximum atomic E-state index is 12.4. The third kappa shape index (κ3) is 6.74. The highest BCUT2D eigenvalue weighted by Crippen LogP contribution is 2.23. The fourth-order valence-corrected chi connectivity index (χ4v) is 4.68. The summed E-state index contributed by atoms with van der Waals surface area (Å²) in [4.78, 5) is 42.0. The Morgan fingerprint density at radius 1 is 1.08 bits per heavy atom. The van der Waals surface area contributed by atoms with Crippen LogP contribution in [0.15, 0.2) is 42.5 Å². The van der Waals surface area contributed by atoms with Crippen LogP contribution >= 0.6 is 11.5 Å². The maximum Gasteiger partial charge on any atom is 0.277 e.